The summed E-state index contributed by atoms with van der Waals surface area (Å²) in [6, 6.07) is 0. The van der Waals surface area contributed by atoms with Crippen LogP contribution in [0.4, 0.5) is 0 Å². The maximum Gasteiger partial charge on any atom is 4.00 e. The molecule has 0 saturated heterocycles. The van der Waals surface area contributed by atoms with Crippen LogP contribution in [-0.4, -0.2) is 49.3 Å². The van der Waals surface area contributed by atoms with Gasteiger partial charge in [-0.1, -0.05) is 0 Å². The van der Waals surface area contributed by atoms with E-state index in [2.05, 4.69) is 0 Å². The molecular weight excluding hydrogens is 341 g/mol. The van der Waals surface area contributed by atoms with Crippen molar-refractivity contribution in [3.8, 4) is 0 Å². The van der Waals surface area contributed by atoms with Gasteiger partial charge in [0.05, 0.1) is 0 Å². The first-order valence-electron chi connectivity index (χ1n) is 0. The van der Waals surface area contributed by atoms with Gasteiger partial charge in [-0.3, -0.25) is 0 Å². The number of rotatable bonds is 0. The fraction of sp³-hybridized carbons (Fsp3) is 0. The third-order valence-corrected chi connectivity index (χ3v) is 0. The van der Waals surface area contributed by atoms with Crippen LogP contribution in [0.5, 0.6) is 0 Å². The Morgan fingerprint density at radius 3 is 1.00 bits per heavy atom. The van der Waals surface area contributed by atoms with Gasteiger partial charge in [-0.05, 0) is 0 Å². The molecule has 0 amide bonds. The molecule has 10 valence electrons. The van der Waals surface area contributed by atoms with Gasteiger partial charge in [0.15, 0.2) is 0 Å². The van der Waals surface area contributed by atoms with Crippen molar-refractivity contribution in [1.29, 1.82) is 0 Å². The summed E-state index contributed by atoms with van der Waals surface area (Å²) >= 11 is 0. The van der Waals surface area contributed by atoms with Gasteiger partial charge in [-0.2, -0.15) is 0 Å². The van der Waals surface area contributed by atoms with Crippen LogP contribution in [0, 0.1) is 0 Å². The van der Waals surface area contributed by atoms with Gasteiger partial charge in [-0.15, -0.1) is 0 Å². The molecule has 0 aliphatic carbocycles. The zero-order valence-corrected chi connectivity index (χ0v) is 9.41. The van der Waals surface area contributed by atoms with Gasteiger partial charge >= 0.3 is 75.5 Å². The fourth-order valence-electron chi connectivity index (χ4n) is 0. The van der Waals surface area contributed by atoms with Crippen molar-refractivity contribution in [3.63, 3.8) is 0 Å². The van der Waals surface area contributed by atoms with Crippen molar-refractivity contribution in [2.45, 2.75) is 0 Å². The summed E-state index contributed by atoms with van der Waals surface area (Å²) in [5.74, 6) is 0. The van der Waals surface area contributed by atoms with Crippen LogP contribution >= 0.6 is 0 Å². The van der Waals surface area contributed by atoms with E-state index in [0.717, 1.165) is 0 Å². The molecule has 0 atom stereocenters. The summed E-state index contributed by atoms with van der Waals surface area (Å²) in [5.41, 5.74) is 0. The van der Waals surface area contributed by atoms with Crippen molar-refractivity contribution >= 4 is 49.3 Å². The van der Waals surface area contributed by atoms with E-state index in [0.29, 0.717) is 0 Å². The minimum Gasteiger partial charge on any atom is -2.00 e. The summed E-state index contributed by atoms with van der Waals surface area (Å²) in [4.78, 5) is 0. The molecule has 0 bridgehead atoms. The monoisotopic (exact) mass is 339 g/mol. The van der Waals surface area contributed by atoms with Crippen molar-refractivity contribution < 1.29 is 31.7 Å². The third-order valence-electron chi connectivity index (χ3n) is 0. The first-order valence-corrected chi connectivity index (χ1v) is 0. The van der Waals surface area contributed by atoms with Crippen LogP contribution in [-0.2, 0) is 31.7 Å². The van der Waals surface area contributed by atoms with Gasteiger partial charge in [0.2, 0.25) is 0 Å². The smallest absolute Gasteiger partial charge is 2.00 e. The van der Waals surface area contributed by atoms with E-state index in [1.807, 2.05) is 0 Å². The molecule has 1 nitrogen and oxygen atoms in total. The molecule has 0 aliphatic heterocycles. The topological polar surface area (TPSA) is 28.5 Å². The van der Waals surface area contributed by atoms with Gasteiger partial charge in [0.1, 0.15) is 0 Å². The van der Waals surface area contributed by atoms with E-state index in [-0.39, 0.29) is 80.9 Å². The molecule has 0 fully saturated rings. The van der Waals surface area contributed by atoms with E-state index in [9.17, 15) is 0 Å². The second-order valence-electron chi connectivity index (χ2n) is 0. The summed E-state index contributed by atoms with van der Waals surface area (Å²) in [6.07, 6.45) is 0. The van der Waals surface area contributed by atoms with Crippen LogP contribution in [0.25, 0.3) is 0 Å². The normalized spacial score (nSPS) is 0. The molecule has 0 aromatic rings. The zero-order chi connectivity index (χ0) is 0. The van der Waals surface area contributed by atoms with E-state index < -0.39 is 0 Å². The van der Waals surface area contributed by atoms with E-state index >= 15 is 0 Å². The summed E-state index contributed by atoms with van der Waals surface area (Å²) < 4.78 is 0. The molecule has 2 radical (unpaired) electrons. The average Bonchev–Trinajstić information content (AvgIpc) is 0. The molecule has 0 spiro atoms. The predicted molar refractivity (Wildman–Crippen MR) is 12.2 cm³/mol. The Bertz CT molecular complexity index is 8.00. The molecule has 0 aliphatic rings. The Morgan fingerprint density at radius 2 is 1.00 bits per heavy atom. The van der Waals surface area contributed by atoms with E-state index in [1.54, 1.807) is 0 Å². The Balaban J connectivity index is 0. The van der Waals surface area contributed by atoms with Crippen molar-refractivity contribution in [2.75, 3.05) is 0 Å². The Labute approximate surface area is 79.6 Å². The van der Waals surface area contributed by atoms with E-state index in [1.165, 1.54) is 0 Å². The largest absolute Gasteiger partial charge is 4.00 e. The van der Waals surface area contributed by atoms with Crippen molar-refractivity contribution in [2.24, 2.45) is 0 Å². The predicted octanol–water partition coefficient (Wildman–Crippen LogP) is -0.883. The third kappa shape index (κ3) is 8.82. The molecule has 0 rings (SSSR count). The summed E-state index contributed by atoms with van der Waals surface area (Å²) in [6.45, 7) is 0. The molecule has 0 heterocycles. The molecule has 0 N–H and O–H groups in total. The minimum atomic E-state index is 0. The summed E-state index contributed by atoms with van der Waals surface area (Å²) in [7, 11) is 0. The number of hydrogen-bond donors (Lipinski definition) is 0. The molecule has 4 heavy (non-hydrogen) atoms. The SMILES string of the molecule is [Bi+3].[Mg+2].[O-2].[Zr+4]. The Kier molecular flexibility index (Phi) is 141. The maximum absolute atomic E-state index is 0. The van der Waals surface area contributed by atoms with Gasteiger partial charge in [0.25, 0.3) is 0 Å². The van der Waals surface area contributed by atoms with Crippen LogP contribution < -0.4 is 0 Å². The van der Waals surface area contributed by atoms with Crippen molar-refractivity contribution in [1.82, 2.24) is 0 Å². The van der Waals surface area contributed by atoms with Crippen LogP contribution in [0.2, 0.25) is 0 Å². The molecule has 0 saturated carbocycles. The minimum absolute atomic E-state index is 0. The molecule has 0 aromatic carbocycles. The standard InChI is InChI=1S/Bi.Mg.O.Zr/q+3;+2;-2;+4. The van der Waals surface area contributed by atoms with E-state index in [4.69, 9.17) is 0 Å². The number of hydrogen-bond acceptors (Lipinski definition) is 0. The van der Waals surface area contributed by atoms with Gasteiger partial charge < -0.3 is 5.48 Å². The average molecular weight is 341 g/mol. The Hall–Kier alpha value is 2.49. The zero-order valence-electron chi connectivity index (χ0n) is 2.06. The van der Waals surface area contributed by atoms with Gasteiger partial charge in [-0.25, -0.2) is 0 Å². The van der Waals surface area contributed by atoms with Crippen molar-refractivity contribution in [3.05, 3.63) is 0 Å². The molecule has 0 aromatic heterocycles. The molecule has 0 unspecified atom stereocenters. The van der Waals surface area contributed by atoms with Crippen LogP contribution in [0.3, 0.4) is 0 Å². The fourth-order valence-corrected chi connectivity index (χ4v) is 0. The first-order chi connectivity index (χ1) is 0. The van der Waals surface area contributed by atoms with Crippen LogP contribution in [0.15, 0.2) is 0 Å². The maximum atomic E-state index is 0. The summed E-state index contributed by atoms with van der Waals surface area (Å²) in [5, 5.41) is 0. The Morgan fingerprint density at radius 1 is 1.00 bits per heavy atom. The van der Waals surface area contributed by atoms with Crippen LogP contribution in [0.1, 0.15) is 0 Å². The molecular formula is BiMgOZr+7. The first kappa shape index (κ1) is 31.5. The second-order valence-corrected chi connectivity index (χ2v) is 0. The van der Waals surface area contributed by atoms with Gasteiger partial charge in [0, 0.05) is 0 Å². The molecule has 4 heteroatoms. The second kappa shape index (κ2) is 17.8. The quantitative estimate of drug-likeness (QED) is 0.513.